The van der Waals surface area contributed by atoms with Crippen molar-refractivity contribution in [3.8, 4) is 0 Å². The zero-order valence-electron chi connectivity index (χ0n) is 21.8. The van der Waals surface area contributed by atoms with Crippen molar-refractivity contribution in [1.82, 2.24) is 0 Å². The smallest absolute Gasteiger partial charge is 0.224 e. The maximum absolute atomic E-state index is 13.9. The van der Waals surface area contributed by atoms with Gasteiger partial charge in [-0.05, 0) is 53.5 Å². The van der Waals surface area contributed by atoms with Crippen LogP contribution in [0.15, 0.2) is 84.1 Å². The van der Waals surface area contributed by atoms with Gasteiger partial charge in [0.05, 0.1) is 17.4 Å². The summed E-state index contributed by atoms with van der Waals surface area (Å²) < 4.78 is 0. The van der Waals surface area contributed by atoms with Crippen LogP contribution >= 0.6 is 0 Å². The van der Waals surface area contributed by atoms with Crippen molar-refractivity contribution in [2.45, 2.75) is 64.8 Å². The SMILES string of the molecule is CC(=O)N1c2ccccc2NC2=C(C(=O)C[C@@H](c3ccc(C(C)(C)C)cc3)C2)[C@@H]1c1ccc(C)cc1. The van der Waals surface area contributed by atoms with Crippen LogP contribution in [-0.4, -0.2) is 11.7 Å². The number of aryl methyl sites for hydroxylation is 1. The Kier molecular flexibility index (Phi) is 6.07. The molecule has 1 N–H and O–H groups in total. The van der Waals surface area contributed by atoms with Crippen LogP contribution in [0.4, 0.5) is 11.4 Å². The van der Waals surface area contributed by atoms with E-state index in [9.17, 15) is 9.59 Å². The molecular weight excluding hydrogens is 444 g/mol. The summed E-state index contributed by atoms with van der Waals surface area (Å²) >= 11 is 0. The Morgan fingerprint density at radius 1 is 0.889 bits per heavy atom. The van der Waals surface area contributed by atoms with Gasteiger partial charge in [0.25, 0.3) is 0 Å². The molecule has 36 heavy (non-hydrogen) atoms. The number of nitrogens with zero attached hydrogens (tertiary/aromatic N) is 1. The maximum Gasteiger partial charge on any atom is 0.224 e. The fourth-order valence-corrected chi connectivity index (χ4v) is 5.49. The quantitative estimate of drug-likeness (QED) is 0.423. The van der Waals surface area contributed by atoms with Crippen molar-refractivity contribution in [3.05, 3.63) is 106 Å². The number of ketones is 1. The number of fused-ring (bicyclic) bond motifs is 1. The second-order valence-corrected chi connectivity index (χ2v) is 11.1. The summed E-state index contributed by atoms with van der Waals surface area (Å²) in [5.41, 5.74) is 7.90. The van der Waals surface area contributed by atoms with Gasteiger partial charge in [0.1, 0.15) is 0 Å². The van der Waals surface area contributed by atoms with E-state index in [-0.39, 0.29) is 23.0 Å². The van der Waals surface area contributed by atoms with Gasteiger partial charge in [-0.2, -0.15) is 0 Å². The third kappa shape index (κ3) is 4.37. The van der Waals surface area contributed by atoms with Crippen molar-refractivity contribution in [3.63, 3.8) is 0 Å². The Labute approximate surface area is 214 Å². The molecule has 2 atom stereocenters. The Morgan fingerprint density at radius 3 is 2.17 bits per heavy atom. The third-order valence-electron chi connectivity index (χ3n) is 7.47. The molecule has 1 heterocycles. The number of carbonyl (C=O) groups is 2. The van der Waals surface area contributed by atoms with E-state index in [0.717, 1.165) is 34.6 Å². The first-order chi connectivity index (χ1) is 17.1. The van der Waals surface area contributed by atoms with Gasteiger partial charge in [0, 0.05) is 24.6 Å². The molecule has 2 aliphatic rings. The second-order valence-electron chi connectivity index (χ2n) is 11.1. The molecule has 0 spiro atoms. The lowest BCUT2D eigenvalue weighted by molar-refractivity contribution is -0.117. The minimum Gasteiger partial charge on any atom is -0.357 e. The highest BCUT2D eigenvalue weighted by atomic mass is 16.2. The Hall–Kier alpha value is -3.66. The predicted molar refractivity (Wildman–Crippen MR) is 146 cm³/mol. The summed E-state index contributed by atoms with van der Waals surface area (Å²) in [4.78, 5) is 28.8. The zero-order chi connectivity index (χ0) is 25.6. The monoisotopic (exact) mass is 478 g/mol. The largest absolute Gasteiger partial charge is 0.357 e. The van der Waals surface area contributed by atoms with Gasteiger partial charge in [-0.25, -0.2) is 0 Å². The molecule has 3 aromatic carbocycles. The molecule has 1 aliphatic heterocycles. The lowest BCUT2D eigenvalue weighted by atomic mass is 9.77. The van der Waals surface area contributed by atoms with E-state index in [0.29, 0.717) is 12.0 Å². The molecule has 0 unspecified atom stereocenters. The van der Waals surface area contributed by atoms with Gasteiger partial charge in [0.15, 0.2) is 5.78 Å². The van der Waals surface area contributed by atoms with Crippen LogP contribution < -0.4 is 10.2 Å². The predicted octanol–water partition coefficient (Wildman–Crippen LogP) is 7.21. The lowest BCUT2D eigenvalue weighted by Gasteiger charge is -2.34. The van der Waals surface area contributed by atoms with E-state index in [1.807, 2.05) is 55.5 Å². The number of carbonyl (C=O) groups excluding carboxylic acids is 2. The van der Waals surface area contributed by atoms with Gasteiger partial charge in [-0.3, -0.25) is 14.5 Å². The van der Waals surface area contributed by atoms with E-state index in [2.05, 4.69) is 50.4 Å². The van der Waals surface area contributed by atoms with E-state index < -0.39 is 6.04 Å². The van der Waals surface area contributed by atoms with Crippen LogP contribution in [0.3, 0.4) is 0 Å². The van der Waals surface area contributed by atoms with Crippen LogP contribution in [0.5, 0.6) is 0 Å². The Morgan fingerprint density at radius 2 is 1.53 bits per heavy atom. The molecule has 184 valence electrons. The third-order valence-corrected chi connectivity index (χ3v) is 7.47. The molecule has 3 aromatic rings. The van der Waals surface area contributed by atoms with Crippen molar-refractivity contribution < 1.29 is 9.59 Å². The minimum absolute atomic E-state index is 0.0839. The van der Waals surface area contributed by atoms with Crippen LogP contribution in [0, 0.1) is 6.92 Å². The van der Waals surface area contributed by atoms with Gasteiger partial charge in [-0.1, -0.05) is 87.0 Å². The molecule has 5 rings (SSSR count). The minimum atomic E-state index is -0.467. The summed E-state index contributed by atoms with van der Waals surface area (Å²) in [5, 5.41) is 3.59. The average Bonchev–Trinajstić information content (AvgIpc) is 2.99. The van der Waals surface area contributed by atoms with Crippen molar-refractivity contribution >= 4 is 23.1 Å². The highest BCUT2D eigenvalue weighted by Gasteiger charge is 2.40. The number of para-hydroxylation sites is 2. The van der Waals surface area contributed by atoms with Gasteiger partial charge in [0.2, 0.25) is 5.91 Å². The molecule has 4 heteroatoms. The molecule has 1 amide bonds. The van der Waals surface area contributed by atoms with Crippen LogP contribution in [0.1, 0.15) is 74.8 Å². The first kappa shape index (κ1) is 24.1. The Bertz CT molecular complexity index is 1340. The normalized spacial score (nSPS) is 19.8. The molecular formula is C32H34N2O2. The van der Waals surface area contributed by atoms with Crippen LogP contribution in [0.2, 0.25) is 0 Å². The average molecular weight is 479 g/mol. The van der Waals surface area contributed by atoms with Crippen LogP contribution in [0.25, 0.3) is 0 Å². The van der Waals surface area contributed by atoms with E-state index in [1.165, 1.54) is 11.1 Å². The summed E-state index contributed by atoms with van der Waals surface area (Å²) in [7, 11) is 0. The number of nitrogens with one attached hydrogen (secondary N) is 1. The lowest BCUT2D eigenvalue weighted by Crippen LogP contribution is -2.37. The Balaban J connectivity index is 1.63. The van der Waals surface area contributed by atoms with Gasteiger partial charge in [-0.15, -0.1) is 0 Å². The number of hydrogen-bond acceptors (Lipinski definition) is 3. The van der Waals surface area contributed by atoms with Gasteiger partial charge >= 0.3 is 0 Å². The summed E-state index contributed by atoms with van der Waals surface area (Å²) in [6.07, 6.45) is 1.15. The van der Waals surface area contributed by atoms with Gasteiger partial charge < -0.3 is 5.32 Å². The van der Waals surface area contributed by atoms with Crippen molar-refractivity contribution in [1.29, 1.82) is 0 Å². The summed E-state index contributed by atoms with van der Waals surface area (Å²) in [6, 6.07) is 24.3. The zero-order valence-corrected chi connectivity index (χ0v) is 21.8. The van der Waals surface area contributed by atoms with E-state index >= 15 is 0 Å². The molecule has 0 bridgehead atoms. The molecule has 0 fully saturated rings. The number of anilines is 2. The molecule has 0 aromatic heterocycles. The van der Waals surface area contributed by atoms with Crippen LogP contribution in [-0.2, 0) is 15.0 Å². The van der Waals surface area contributed by atoms with Crippen molar-refractivity contribution in [2.75, 3.05) is 10.2 Å². The summed E-state index contributed by atoms with van der Waals surface area (Å²) in [5.74, 6) is 0.0991. The van der Waals surface area contributed by atoms with E-state index in [1.54, 1.807) is 11.8 Å². The number of allylic oxidation sites excluding steroid dienone is 1. The van der Waals surface area contributed by atoms with Crippen molar-refractivity contribution in [2.24, 2.45) is 0 Å². The summed E-state index contributed by atoms with van der Waals surface area (Å²) in [6.45, 7) is 10.3. The second kappa shape index (κ2) is 9.09. The fraction of sp³-hybridized carbons (Fsp3) is 0.312. The first-order valence-electron chi connectivity index (χ1n) is 12.7. The molecule has 0 saturated carbocycles. The number of Topliss-reactive ketones (excluding diaryl/α,β-unsaturated/α-hetero) is 1. The topological polar surface area (TPSA) is 49.4 Å². The number of amides is 1. The number of hydrogen-bond donors (Lipinski definition) is 1. The highest BCUT2D eigenvalue weighted by molar-refractivity contribution is 6.06. The molecule has 0 radical (unpaired) electrons. The number of rotatable bonds is 2. The molecule has 1 aliphatic carbocycles. The standard InChI is InChI=1S/C32H34N2O2/c1-20-10-12-23(13-11-20)31-30-27(33-26-8-6-7-9-28(26)34(31)21(2)35)18-24(19-29(30)36)22-14-16-25(17-15-22)32(3,4)5/h6-17,24,31,33H,18-19H2,1-5H3/t24-,31-/m0/s1. The first-order valence-corrected chi connectivity index (χ1v) is 12.7. The fourth-order valence-electron chi connectivity index (χ4n) is 5.49. The molecule has 4 nitrogen and oxygen atoms in total. The number of benzene rings is 3. The molecule has 0 saturated heterocycles. The highest BCUT2D eigenvalue weighted by Crippen LogP contribution is 2.47. The van der Waals surface area contributed by atoms with E-state index in [4.69, 9.17) is 0 Å². The maximum atomic E-state index is 13.9.